The summed E-state index contributed by atoms with van der Waals surface area (Å²) in [5.74, 6) is 0. The second-order valence-electron chi connectivity index (χ2n) is 4.10. The number of alkyl halides is 1. The van der Waals surface area contributed by atoms with Crippen LogP contribution in [0.15, 0.2) is 59.1 Å². The van der Waals surface area contributed by atoms with E-state index in [2.05, 4.69) is 58.4 Å². The summed E-state index contributed by atoms with van der Waals surface area (Å²) in [5.41, 5.74) is 1.13. The second kappa shape index (κ2) is 5.04. The molecule has 2 aromatic carbocycles. The van der Waals surface area contributed by atoms with Crippen molar-refractivity contribution in [2.45, 2.75) is 5.38 Å². The summed E-state index contributed by atoms with van der Waals surface area (Å²) in [6.45, 7) is 0. The van der Waals surface area contributed by atoms with Crippen molar-refractivity contribution in [2.24, 2.45) is 0 Å². The van der Waals surface area contributed by atoms with Gasteiger partial charge in [0.25, 0.3) is 0 Å². The van der Waals surface area contributed by atoms with Crippen LogP contribution in [0.3, 0.4) is 0 Å². The number of thiophene rings is 1. The first-order chi connectivity index (χ1) is 8.74. The molecule has 0 aliphatic carbocycles. The number of hydrogen-bond donors (Lipinski definition) is 0. The minimum absolute atomic E-state index is 0.0736. The maximum Gasteiger partial charge on any atom is 0.0928 e. The summed E-state index contributed by atoms with van der Waals surface area (Å²) in [6.07, 6.45) is 0. The van der Waals surface area contributed by atoms with E-state index in [1.165, 1.54) is 15.0 Å². The van der Waals surface area contributed by atoms with Crippen LogP contribution in [-0.2, 0) is 0 Å². The lowest BCUT2D eigenvalue weighted by Crippen LogP contribution is -1.88. The molecule has 3 heteroatoms. The van der Waals surface area contributed by atoms with E-state index in [0.29, 0.717) is 0 Å². The van der Waals surface area contributed by atoms with Crippen LogP contribution in [0, 0.1) is 0 Å². The Morgan fingerprint density at radius 2 is 1.72 bits per heavy atom. The van der Waals surface area contributed by atoms with E-state index in [1.807, 2.05) is 12.1 Å². The Morgan fingerprint density at radius 3 is 2.44 bits per heavy atom. The minimum atomic E-state index is -0.0736. The Morgan fingerprint density at radius 1 is 1.00 bits per heavy atom. The maximum atomic E-state index is 6.55. The Kier molecular flexibility index (Phi) is 3.42. The summed E-state index contributed by atoms with van der Waals surface area (Å²) in [7, 11) is 0. The van der Waals surface area contributed by atoms with E-state index in [4.69, 9.17) is 11.6 Å². The van der Waals surface area contributed by atoms with E-state index in [9.17, 15) is 0 Å². The zero-order chi connectivity index (χ0) is 12.5. The Bertz CT molecular complexity index is 639. The van der Waals surface area contributed by atoms with Gasteiger partial charge in [0, 0.05) is 14.0 Å². The van der Waals surface area contributed by atoms with E-state index in [1.54, 1.807) is 11.3 Å². The van der Waals surface area contributed by atoms with Crippen molar-refractivity contribution < 1.29 is 0 Å². The number of hydrogen-bond acceptors (Lipinski definition) is 1. The second-order valence-corrected chi connectivity index (χ2v) is 6.57. The zero-order valence-electron chi connectivity index (χ0n) is 9.44. The molecule has 1 unspecified atom stereocenters. The molecule has 18 heavy (non-hydrogen) atoms. The fourth-order valence-electron chi connectivity index (χ4n) is 1.92. The van der Waals surface area contributed by atoms with Crippen molar-refractivity contribution in [2.75, 3.05) is 0 Å². The van der Waals surface area contributed by atoms with Crippen LogP contribution in [0.1, 0.15) is 15.8 Å². The third-order valence-electron chi connectivity index (χ3n) is 2.86. The fraction of sp³-hybridized carbons (Fsp3) is 0.0667. The molecule has 0 amide bonds. The van der Waals surface area contributed by atoms with Gasteiger partial charge < -0.3 is 0 Å². The predicted molar refractivity (Wildman–Crippen MR) is 83.7 cm³/mol. The highest BCUT2D eigenvalue weighted by atomic mass is 79.9. The van der Waals surface area contributed by atoms with Gasteiger partial charge in [-0.2, -0.15) is 0 Å². The van der Waals surface area contributed by atoms with Crippen LogP contribution in [0.4, 0.5) is 0 Å². The third kappa shape index (κ3) is 2.33. The molecule has 0 aliphatic rings. The molecule has 1 atom stereocenters. The van der Waals surface area contributed by atoms with Gasteiger partial charge in [-0.1, -0.05) is 46.3 Å². The maximum absolute atomic E-state index is 6.55. The van der Waals surface area contributed by atoms with Crippen LogP contribution < -0.4 is 0 Å². The van der Waals surface area contributed by atoms with Crippen LogP contribution in [0.5, 0.6) is 0 Å². The third-order valence-corrected chi connectivity index (χ3v) is 5.18. The van der Waals surface area contributed by atoms with Crippen molar-refractivity contribution in [1.82, 2.24) is 0 Å². The van der Waals surface area contributed by atoms with Gasteiger partial charge in [-0.15, -0.1) is 22.9 Å². The Balaban J connectivity index is 2.00. The molecular weight excluding hydrogens is 328 g/mol. The van der Waals surface area contributed by atoms with Crippen LogP contribution in [-0.4, -0.2) is 0 Å². The van der Waals surface area contributed by atoms with E-state index in [-0.39, 0.29) is 5.38 Å². The highest BCUT2D eigenvalue weighted by molar-refractivity contribution is 9.10. The molecule has 0 nitrogen and oxygen atoms in total. The van der Waals surface area contributed by atoms with Crippen molar-refractivity contribution in [3.8, 4) is 0 Å². The molecule has 0 aliphatic heterocycles. The standard InChI is InChI=1S/C15H10BrClS/c16-12-7-5-10(6-8-12)15(17)14-9-11-3-1-2-4-13(11)18-14/h1-9,15H. The monoisotopic (exact) mass is 336 g/mol. The highest BCUT2D eigenvalue weighted by Crippen LogP contribution is 2.37. The first-order valence-corrected chi connectivity index (χ1v) is 7.66. The number of rotatable bonds is 2. The van der Waals surface area contributed by atoms with Crippen LogP contribution in [0.2, 0.25) is 0 Å². The van der Waals surface area contributed by atoms with Gasteiger partial charge >= 0.3 is 0 Å². The lowest BCUT2D eigenvalue weighted by atomic mass is 10.1. The van der Waals surface area contributed by atoms with Crippen molar-refractivity contribution in [1.29, 1.82) is 0 Å². The summed E-state index contributed by atoms with van der Waals surface area (Å²) >= 11 is 11.7. The molecule has 0 radical (unpaired) electrons. The quantitative estimate of drug-likeness (QED) is 0.504. The molecular formula is C15H10BrClS. The van der Waals surface area contributed by atoms with Gasteiger partial charge in [-0.3, -0.25) is 0 Å². The van der Waals surface area contributed by atoms with Crippen molar-refractivity contribution >= 4 is 49.0 Å². The number of benzene rings is 2. The van der Waals surface area contributed by atoms with Crippen LogP contribution >= 0.6 is 38.9 Å². The molecule has 3 rings (SSSR count). The van der Waals surface area contributed by atoms with Crippen molar-refractivity contribution in [3.05, 3.63) is 69.5 Å². The highest BCUT2D eigenvalue weighted by Gasteiger charge is 2.13. The molecule has 0 bridgehead atoms. The molecule has 0 fully saturated rings. The van der Waals surface area contributed by atoms with Gasteiger partial charge in [0.15, 0.2) is 0 Å². The smallest absolute Gasteiger partial charge is 0.0928 e. The predicted octanol–water partition coefficient (Wildman–Crippen LogP) is 5.99. The number of fused-ring (bicyclic) bond motifs is 1. The molecule has 0 saturated carbocycles. The molecule has 3 aromatic rings. The van der Waals surface area contributed by atoms with Gasteiger partial charge in [0.1, 0.15) is 0 Å². The summed E-state index contributed by atoms with van der Waals surface area (Å²) < 4.78 is 2.36. The normalized spacial score (nSPS) is 12.8. The number of halogens is 2. The molecule has 1 heterocycles. The first-order valence-electron chi connectivity index (χ1n) is 5.62. The average molecular weight is 338 g/mol. The van der Waals surface area contributed by atoms with E-state index in [0.717, 1.165) is 10.0 Å². The average Bonchev–Trinajstić information content (AvgIpc) is 2.82. The largest absolute Gasteiger partial charge is 0.138 e. The summed E-state index contributed by atoms with van der Waals surface area (Å²) in [6, 6.07) is 18.7. The lowest BCUT2D eigenvalue weighted by Gasteiger charge is -2.07. The molecule has 0 spiro atoms. The van der Waals surface area contributed by atoms with Crippen LogP contribution in [0.25, 0.3) is 10.1 Å². The van der Waals surface area contributed by atoms with E-state index < -0.39 is 0 Å². The molecule has 90 valence electrons. The minimum Gasteiger partial charge on any atom is -0.138 e. The fourth-order valence-corrected chi connectivity index (χ4v) is 3.60. The van der Waals surface area contributed by atoms with Gasteiger partial charge in [-0.05, 0) is 35.2 Å². The van der Waals surface area contributed by atoms with E-state index >= 15 is 0 Å². The molecule has 0 N–H and O–H groups in total. The summed E-state index contributed by atoms with van der Waals surface area (Å²) in [4.78, 5) is 1.19. The Labute approximate surface area is 123 Å². The molecule has 0 saturated heterocycles. The van der Waals surface area contributed by atoms with Gasteiger partial charge in [0.05, 0.1) is 5.38 Å². The van der Waals surface area contributed by atoms with Gasteiger partial charge in [0.2, 0.25) is 0 Å². The topological polar surface area (TPSA) is 0 Å². The molecule has 1 aromatic heterocycles. The van der Waals surface area contributed by atoms with Gasteiger partial charge in [-0.25, -0.2) is 0 Å². The zero-order valence-corrected chi connectivity index (χ0v) is 12.6. The van der Waals surface area contributed by atoms with Crippen molar-refractivity contribution in [3.63, 3.8) is 0 Å². The Hall–Kier alpha value is -0.830. The first kappa shape index (κ1) is 12.2. The summed E-state index contributed by atoms with van der Waals surface area (Å²) in [5, 5.41) is 1.19. The SMILES string of the molecule is ClC(c1ccc(Br)cc1)c1cc2ccccc2s1. The lowest BCUT2D eigenvalue weighted by molar-refractivity contribution is 1.18.